The Labute approximate surface area is 139 Å². The third-order valence-corrected chi connectivity index (χ3v) is 5.84. The number of alkyl halides is 1. The van der Waals surface area contributed by atoms with E-state index >= 15 is 0 Å². The van der Waals surface area contributed by atoms with Gasteiger partial charge in [0.1, 0.15) is 9.61 Å². The van der Waals surface area contributed by atoms with Gasteiger partial charge in [-0.3, -0.25) is 0 Å². The molecule has 0 fully saturated rings. The fraction of sp³-hybridized carbons (Fsp3) is 0.0625. The number of nitrogens with zero attached hydrogens (tertiary/aromatic N) is 1. The molecule has 1 heterocycles. The van der Waals surface area contributed by atoms with Gasteiger partial charge in [0, 0.05) is 0 Å². The first kappa shape index (κ1) is 14.0. The van der Waals surface area contributed by atoms with Crippen LogP contribution in [-0.2, 0) is 5.33 Å². The third kappa shape index (κ3) is 2.87. The molecule has 1 nitrogen and oxygen atoms in total. The summed E-state index contributed by atoms with van der Waals surface area (Å²) < 4.78 is 0.921. The Hall–Kier alpha value is -0.970. The largest absolute Gasteiger partial charge is 0.233 e. The van der Waals surface area contributed by atoms with E-state index in [2.05, 4.69) is 85.4 Å². The van der Waals surface area contributed by atoms with Crippen LogP contribution in [0.1, 0.15) is 5.01 Å². The van der Waals surface area contributed by atoms with Crippen molar-refractivity contribution in [2.75, 3.05) is 0 Å². The van der Waals surface area contributed by atoms with Gasteiger partial charge in [0.25, 0.3) is 0 Å². The molecule has 0 saturated heterocycles. The molecule has 0 aliphatic rings. The minimum absolute atomic E-state index is 0.790. The van der Waals surface area contributed by atoms with Gasteiger partial charge in [-0.2, -0.15) is 0 Å². The van der Waals surface area contributed by atoms with E-state index < -0.39 is 0 Å². The monoisotopic (exact) mass is 407 g/mol. The molecule has 0 bridgehead atoms. The van der Waals surface area contributed by atoms with Crippen LogP contribution in [-0.4, -0.2) is 4.98 Å². The first-order valence-electron chi connectivity index (χ1n) is 6.15. The Morgan fingerprint density at radius 3 is 2.05 bits per heavy atom. The normalized spacial score (nSPS) is 10.7. The van der Waals surface area contributed by atoms with E-state index in [1.165, 1.54) is 21.6 Å². The number of hydrogen-bond acceptors (Lipinski definition) is 2. The zero-order chi connectivity index (χ0) is 13.9. The Morgan fingerprint density at radius 1 is 0.850 bits per heavy atom. The van der Waals surface area contributed by atoms with Crippen molar-refractivity contribution in [1.82, 2.24) is 4.98 Å². The molecule has 0 aliphatic carbocycles. The zero-order valence-electron chi connectivity index (χ0n) is 10.5. The van der Waals surface area contributed by atoms with Crippen LogP contribution >= 0.6 is 43.2 Å². The molecule has 0 saturated carbocycles. The maximum atomic E-state index is 4.47. The van der Waals surface area contributed by atoms with E-state index in [0.29, 0.717) is 0 Å². The number of thiazole rings is 1. The smallest absolute Gasteiger partial charge is 0.125 e. The zero-order valence-corrected chi connectivity index (χ0v) is 14.5. The lowest BCUT2D eigenvalue weighted by atomic mass is 10.0. The van der Waals surface area contributed by atoms with Crippen LogP contribution in [0.25, 0.3) is 21.6 Å². The highest BCUT2D eigenvalue weighted by atomic mass is 79.9. The molecule has 0 spiro atoms. The standard InChI is InChI=1S/C16H11Br2NS/c17-10-14-19-16(18)15(20-14)13-8-6-12(7-9-13)11-4-2-1-3-5-11/h1-9H,10H2. The van der Waals surface area contributed by atoms with Crippen molar-refractivity contribution in [1.29, 1.82) is 0 Å². The minimum atomic E-state index is 0.790. The molecular weight excluding hydrogens is 398 g/mol. The van der Waals surface area contributed by atoms with Crippen LogP contribution in [0, 0.1) is 0 Å². The Bertz CT molecular complexity index is 705. The molecule has 0 unspecified atom stereocenters. The molecule has 0 aliphatic heterocycles. The molecule has 2 aromatic carbocycles. The van der Waals surface area contributed by atoms with Crippen LogP contribution in [0.2, 0.25) is 0 Å². The lowest BCUT2D eigenvalue weighted by molar-refractivity contribution is 1.25. The van der Waals surface area contributed by atoms with Crippen molar-refractivity contribution in [3.63, 3.8) is 0 Å². The van der Waals surface area contributed by atoms with Crippen LogP contribution < -0.4 is 0 Å². The minimum Gasteiger partial charge on any atom is -0.233 e. The van der Waals surface area contributed by atoms with Crippen molar-refractivity contribution in [2.45, 2.75) is 5.33 Å². The van der Waals surface area contributed by atoms with E-state index in [1.54, 1.807) is 11.3 Å². The molecule has 3 aromatic rings. The van der Waals surface area contributed by atoms with E-state index in [9.17, 15) is 0 Å². The predicted molar refractivity (Wildman–Crippen MR) is 93.3 cm³/mol. The second kappa shape index (κ2) is 6.20. The summed E-state index contributed by atoms with van der Waals surface area (Å²) in [4.78, 5) is 5.65. The highest BCUT2D eigenvalue weighted by molar-refractivity contribution is 9.10. The Morgan fingerprint density at radius 2 is 1.45 bits per heavy atom. The highest BCUT2D eigenvalue weighted by Gasteiger charge is 2.10. The summed E-state index contributed by atoms with van der Waals surface area (Å²) in [6.07, 6.45) is 0. The molecule has 0 N–H and O–H groups in total. The van der Waals surface area contributed by atoms with Crippen molar-refractivity contribution in [3.05, 3.63) is 64.2 Å². The van der Waals surface area contributed by atoms with Gasteiger partial charge in [-0.05, 0) is 32.6 Å². The van der Waals surface area contributed by atoms with Gasteiger partial charge in [0.15, 0.2) is 0 Å². The molecule has 1 aromatic heterocycles. The average Bonchev–Trinajstić information content (AvgIpc) is 2.89. The number of halogens is 2. The van der Waals surface area contributed by atoms with Gasteiger partial charge in [0.05, 0.1) is 10.2 Å². The number of aromatic nitrogens is 1. The molecular formula is C16H11Br2NS. The van der Waals surface area contributed by atoms with E-state index in [-0.39, 0.29) is 0 Å². The van der Waals surface area contributed by atoms with Crippen LogP contribution in [0.5, 0.6) is 0 Å². The van der Waals surface area contributed by atoms with Crippen molar-refractivity contribution in [2.24, 2.45) is 0 Å². The van der Waals surface area contributed by atoms with E-state index in [0.717, 1.165) is 14.9 Å². The van der Waals surface area contributed by atoms with Crippen LogP contribution in [0.3, 0.4) is 0 Å². The first-order valence-corrected chi connectivity index (χ1v) is 8.88. The summed E-state index contributed by atoms with van der Waals surface area (Å²) in [5, 5.41) is 1.87. The third-order valence-electron chi connectivity index (χ3n) is 3.00. The first-order chi connectivity index (χ1) is 9.78. The van der Waals surface area contributed by atoms with Crippen molar-refractivity contribution >= 4 is 43.2 Å². The van der Waals surface area contributed by atoms with E-state index in [1.807, 2.05) is 6.07 Å². The summed E-state index contributed by atoms with van der Waals surface area (Å²) in [6.45, 7) is 0. The lowest BCUT2D eigenvalue weighted by Gasteiger charge is -2.03. The molecule has 0 atom stereocenters. The van der Waals surface area contributed by atoms with Crippen LogP contribution in [0.4, 0.5) is 0 Å². The maximum Gasteiger partial charge on any atom is 0.125 e. The second-order valence-corrected chi connectivity index (χ2v) is 6.70. The van der Waals surface area contributed by atoms with Gasteiger partial charge in [-0.1, -0.05) is 70.5 Å². The van der Waals surface area contributed by atoms with Crippen molar-refractivity contribution in [3.8, 4) is 21.6 Å². The second-order valence-electron chi connectivity index (χ2n) is 4.30. The highest BCUT2D eigenvalue weighted by Crippen LogP contribution is 2.35. The van der Waals surface area contributed by atoms with Gasteiger partial charge >= 0.3 is 0 Å². The lowest BCUT2D eigenvalue weighted by Crippen LogP contribution is -1.78. The molecule has 0 radical (unpaired) electrons. The summed E-state index contributed by atoms with van der Waals surface area (Å²) in [5.41, 5.74) is 3.67. The van der Waals surface area contributed by atoms with Gasteiger partial charge in [-0.25, -0.2) is 4.98 Å². The molecule has 0 amide bonds. The van der Waals surface area contributed by atoms with E-state index in [4.69, 9.17) is 0 Å². The van der Waals surface area contributed by atoms with Gasteiger partial charge in [0.2, 0.25) is 0 Å². The summed E-state index contributed by atoms with van der Waals surface area (Å²) in [6, 6.07) is 19.0. The number of hydrogen-bond donors (Lipinski definition) is 0. The Kier molecular flexibility index (Phi) is 4.34. The SMILES string of the molecule is BrCc1nc(Br)c(-c2ccc(-c3ccccc3)cc2)s1. The number of rotatable bonds is 3. The quantitative estimate of drug-likeness (QED) is 0.474. The fourth-order valence-electron chi connectivity index (χ4n) is 2.02. The summed E-state index contributed by atoms with van der Waals surface area (Å²) in [7, 11) is 0. The number of benzene rings is 2. The molecule has 4 heteroatoms. The topological polar surface area (TPSA) is 12.9 Å². The van der Waals surface area contributed by atoms with Gasteiger partial charge < -0.3 is 0 Å². The summed E-state index contributed by atoms with van der Waals surface area (Å²) >= 11 is 8.69. The predicted octanol–water partition coefficient (Wildman–Crippen LogP) is 6.13. The fourth-order valence-corrected chi connectivity index (χ4v) is 4.11. The van der Waals surface area contributed by atoms with Gasteiger partial charge in [-0.15, -0.1) is 11.3 Å². The Balaban J connectivity index is 1.95. The maximum absolute atomic E-state index is 4.47. The molecule has 20 heavy (non-hydrogen) atoms. The molecule has 3 rings (SSSR count). The summed E-state index contributed by atoms with van der Waals surface area (Å²) in [5.74, 6) is 0. The average molecular weight is 409 g/mol. The van der Waals surface area contributed by atoms with Crippen molar-refractivity contribution < 1.29 is 0 Å². The van der Waals surface area contributed by atoms with Crippen LogP contribution in [0.15, 0.2) is 59.2 Å². The molecule has 100 valence electrons.